The fourth-order valence-corrected chi connectivity index (χ4v) is 3.47. The Bertz CT molecular complexity index is 1290. The van der Waals surface area contributed by atoms with Crippen LogP contribution in [0.25, 0.3) is 28.0 Å². The first-order valence-electron chi connectivity index (χ1n) is 9.79. The van der Waals surface area contributed by atoms with Crippen LogP contribution < -0.4 is 14.8 Å². The molecule has 33 heavy (non-hydrogen) atoms. The number of nitrogens with zero attached hydrogens (tertiary/aromatic N) is 4. The maximum atomic E-state index is 13.4. The van der Waals surface area contributed by atoms with Gasteiger partial charge in [0.05, 0.1) is 36.6 Å². The van der Waals surface area contributed by atoms with Crippen molar-refractivity contribution in [3.63, 3.8) is 0 Å². The number of hydrogen-bond donors (Lipinski definition) is 1. The standard InChI is InChI=1S/C22H20F3N5O3/c1-29-7-6-14(28-29)12-4-5-16-15(8-12)26-11-30(16)13-9-17(32-2)19(18(10-13)33-3)22(31)27-21(25)20(23)24/h4-11,20-21H,1-3H3,(H,27,31). The highest BCUT2D eigenvalue weighted by molar-refractivity contribution is 6.00. The Morgan fingerprint density at radius 3 is 2.33 bits per heavy atom. The molecule has 2 aromatic heterocycles. The molecule has 2 aromatic carbocycles. The second-order valence-corrected chi connectivity index (χ2v) is 7.13. The fraction of sp³-hybridized carbons (Fsp3) is 0.227. The lowest BCUT2D eigenvalue weighted by Crippen LogP contribution is -2.36. The van der Waals surface area contributed by atoms with Crippen molar-refractivity contribution < 1.29 is 27.4 Å². The molecular weight excluding hydrogens is 439 g/mol. The minimum atomic E-state index is -3.36. The van der Waals surface area contributed by atoms with Gasteiger partial charge in [-0.15, -0.1) is 0 Å². The van der Waals surface area contributed by atoms with Gasteiger partial charge in [0.25, 0.3) is 12.3 Å². The summed E-state index contributed by atoms with van der Waals surface area (Å²) in [4.78, 5) is 16.9. The van der Waals surface area contributed by atoms with Crippen LogP contribution in [0.2, 0.25) is 0 Å². The van der Waals surface area contributed by atoms with E-state index in [0.717, 1.165) is 16.8 Å². The van der Waals surface area contributed by atoms with E-state index in [0.29, 0.717) is 11.2 Å². The minimum absolute atomic E-state index is 0.0234. The van der Waals surface area contributed by atoms with E-state index >= 15 is 0 Å². The summed E-state index contributed by atoms with van der Waals surface area (Å²) in [6.45, 7) is 0. The molecule has 4 rings (SSSR count). The van der Waals surface area contributed by atoms with Crippen LogP contribution in [-0.4, -0.2) is 52.2 Å². The molecule has 11 heteroatoms. The number of hydrogen-bond acceptors (Lipinski definition) is 5. The van der Waals surface area contributed by atoms with Crippen molar-refractivity contribution in [2.24, 2.45) is 7.05 Å². The highest BCUT2D eigenvalue weighted by Gasteiger charge is 2.27. The van der Waals surface area contributed by atoms with Crippen LogP contribution in [0.1, 0.15) is 10.4 Å². The molecule has 0 fully saturated rings. The lowest BCUT2D eigenvalue weighted by molar-refractivity contribution is 0.0285. The molecule has 0 aliphatic carbocycles. The smallest absolute Gasteiger partial charge is 0.287 e. The van der Waals surface area contributed by atoms with Crippen molar-refractivity contribution in [1.82, 2.24) is 24.6 Å². The van der Waals surface area contributed by atoms with Gasteiger partial charge in [0.2, 0.25) is 6.30 Å². The van der Waals surface area contributed by atoms with E-state index in [9.17, 15) is 18.0 Å². The van der Waals surface area contributed by atoms with Gasteiger partial charge < -0.3 is 14.8 Å². The van der Waals surface area contributed by atoms with Crippen molar-refractivity contribution in [2.45, 2.75) is 12.7 Å². The predicted octanol–water partition coefficient (Wildman–Crippen LogP) is 3.73. The SMILES string of the molecule is COc1cc(-n2cnc3cc(-c4ccn(C)n4)ccc32)cc(OC)c1C(=O)NC(F)C(F)F. The van der Waals surface area contributed by atoms with Gasteiger partial charge in [-0.05, 0) is 18.2 Å². The topological polar surface area (TPSA) is 83.2 Å². The van der Waals surface area contributed by atoms with Gasteiger partial charge in [-0.2, -0.15) is 5.10 Å². The molecular formula is C22H20F3N5O3. The average Bonchev–Trinajstić information content (AvgIpc) is 3.43. The number of benzene rings is 2. The number of halogens is 3. The molecule has 0 spiro atoms. The van der Waals surface area contributed by atoms with Gasteiger partial charge in [-0.1, -0.05) is 6.07 Å². The fourth-order valence-electron chi connectivity index (χ4n) is 3.47. The van der Waals surface area contributed by atoms with Gasteiger partial charge in [-0.3, -0.25) is 14.0 Å². The third-order valence-corrected chi connectivity index (χ3v) is 5.04. The molecule has 4 aromatic rings. The van der Waals surface area contributed by atoms with E-state index in [1.807, 2.05) is 37.5 Å². The van der Waals surface area contributed by atoms with Crippen molar-refractivity contribution in [3.8, 4) is 28.4 Å². The molecule has 1 atom stereocenters. The van der Waals surface area contributed by atoms with Gasteiger partial charge >= 0.3 is 0 Å². The molecule has 172 valence electrons. The zero-order valence-electron chi connectivity index (χ0n) is 17.9. The number of nitrogens with one attached hydrogen (secondary N) is 1. The summed E-state index contributed by atoms with van der Waals surface area (Å²) in [5, 5.41) is 6.00. The first-order chi connectivity index (χ1) is 15.8. The first-order valence-corrected chi connectivity index (χ1v) is 9.79. The second-order valence-electron chi connectivity index (χ2n) is 7.13. The zero-order chi connectivity index (χ0) is 23.7. The first kappa shape index (κ1) is 22.2. The van der Waals surface area contributed by atoms with Gasteiger partial charge in [-0.25, -0.2) is 18.2 Å². The number of rotatable bonds is 7. The summed E-state index contributed by atoms with van der Waals surface area (Å²) in [6.07, 6.45) is -2.74. The summed E-state index contributed by atoms with van der Waals surface area (Å²) < 4.78 is 52.5. The molecule has 0 aliphatic heterocycles. The van der Waals surface area contributed by atoms with Crippen LogP contribution >= 0.6 is 0 Å². The number of amides is 1. The Kier molecular flexibility index (Phi) is 5.95. The molecule has 1 unspecified atom stereocenters. The van der Waals surface area contributed by atoms with E-state index in [1.165, 1.54) is 26.4 Å². The number of methoxy groups -OCH3 is 2. The van der Waals surface area contributed by atoms with E-state index in [1.54, 1.807) is 20.9 Å². The highest BCUT2D eigenvalue weighted by Crippen LogP contribution is 2.34. The van der Waals surface area contributed by atoms with Gasteiger partial charge in [0, 0.05) is 30.9 Å². The Labute approximate surface area is 186 Å². The number of fused-ring (bicyclic) bond motifs is 1. The third kappa shape index (κ3) is 4.21. The predicted molar refractivity (Wildman–Crippen MR) is 115 cm³/mol. The molecule has 0 radical (unpaired) electrons. The summed E-state index contributed by atoms with van der Waals surface area (Å²) in [5.41, 5.74) is 3.51. The summed E-state index contributed by atoms with van der Waals surface area (Å²) >= 11 is 0. The van der Waals surface area contributed by atoms with Gasteiger partial charge in [0.15, 0.2) is 0 Å². The summed E-state index contributed by atoms with van der Waals surface area (Å²) in [5.74, 6) is -1.04. The Hall–Kier alpha value is -4.02. The van der Waals surface area contributed by atoms with Crippen LogP contribution in [0.3, 0.4) is 0 Å². The summed E-state index contributed by atoms with van der Waals surface area (Å²) in [7, 11) is 4.45. The number of aromatic nitrogens is 4. The van der Waals surface area contributed by atoms with Crippen LogP contribution in [0, 0.1) is 0 Å². The quantitative estimate of drug-likeness (QED) is 0.426. The number of aryl methyl sites for hydroxylation is 1. The van der Waals surface area contributed by atoms with Crippen LogP contribution in [0.4, 0.5) is 13.2 Å². The minimum Gasteiger partial charge on any atom is -0.496 e. The number of imidazole rings is 1. The second kappa shape index (κ2) is 8.85. The molecule has 0 aliphatic rings. The molecule has 8 nitrogen and oxygen atoms in total. The Balaban J connectivity index is 1.75. The largest absolute Gasteiger partial charge is 0.496 e. The maximum Gasteiger partial charge on any atom is 0.287 e. The lowest BCUT2D eigenvalue weighted by Gasteiger charge is -2.17. The van der Waals surface area contributed by atoms with Crippen LogP contribution in [0.5, 0.6) is 11.5 Å². The monoisotopic (exact) mass is 459 g/mol. The van der Waals surface area contributed by atoms with E-state index in [4.69, 9.17) is 9.47 Å². The molecule has 0 saturated carbocycles. The molecule has 1 amide bonds. The van der Waals surface area contributed by atoms with Crippen molar-refractivity contribution >= 4 is 16.9 Å². The van der Waals surface area contributed by atoms with E-state index in [2.05, 4.69) is 10.1 Å². The van der Waals surface area contributed by atoms with Crippen LogP contribution in [-0.2, 0) is 7.05 Å². The van der Waals surface area contributed by atoms with Gasteiger partial charge in [0.1, 0.15) is 23.4 Å². The normalized spacial score (nSPS) is 12.2. The van der Waals surface area contributed by atoms with Crippen LogP contribution in [0.15, 0.2) is 48.9 Å². The summed E-state index contributed by atoms with van der Waals surface area (Å²) in [6, 6.07) is 10.6. The maximum absolute atomic E-state index is 13.4. The molecule has 0 saturated heterocycles. The Morgan fingerprint density at radius 1 is 1.06 bits per heavy atom. The molecule has 0 bridgehead atoms. The Morgan fingerprint density at radius 2 is 1.76 bits per heavy atom. The lowest BCUT2D eigenvalue weighted by atomic mass is 10.1. The molecule has 2 heterocycles. The van der Waals surface area contributed by atoms with Crippen molar-refractivity contribution in [1.29, 1.82) is 0 Å². The highest BCUT2D eigenvalue weighted by atomic mass is 19.3. The number of ether oxygens (including phenoxy) is 2. The zero-order valence-corrected chi connectivity index (χ0v) is 17.9. The average molecular weight is 459 g/mol. The number of carbonyl (C=O) groups excluding carboxylic acids is 1. The third-order valence-electron chi connectivity index (χ3n) is 5.04. The number of alkyl halides is 3. The number of carbonyl (C=O) groups is 1. The van der Waals surface area contributed by atoms with Crippen molar-refractivity contribution in [3.05, 3.63) is 54.5 Å². The van der Waals surface area contributed by atoms with Crippen molar-refractivity contribution in [2.75, 3.05) is 14.2 Å². The van der Waals surface area contributed by atoms with E-state index in [-0.39, 0.29) is 17.1 Å². The van der Waals surface area contributed by atoms with E-state index < -0.39 is 18.6 Å². The molecule has 1 N–H and O–H groups in total.